The standard InChI is InChI=1S/C16H23N3O2/c1-5-11(6-2)15-18-14-12(17)8-7-9-13(14)19(15)10(3)16(20)21-4/h7-11H,5-6,17H2,1-4H3. The molecule has 1 aromatic carbocycles. The molecule has 0 radical (unpaired) electrons. The van der Waals surface area contributed by atoms with E-state index < -0.39 is 6.04 Å². The number of methoxy groups -OCH3 is 1. The van der Waals surface area contributed by atoms with E-state index in [1.165, 1.54) is 7.11 Å². The number of benzene rings is 1. The van der Waals surface area contributed by atoms with E-state index in [9.17, 15) is 4.79 Å². The number of carbonyl (C=O) groups excluding carboxylic acids is 1. The molecule has 5 heteroatoms. The molecule has 1 aromatic heterocycles. The summed E-state index contributed by atoms with van der Waals surface area (Å²) in [6.07, 6.45) is 1.93. The number of nitrogens with zero attached hydrogens (tertiary/aromatic N) is 2. The maximum Gasteiger partial charge on any atom is 0.328 e. The van der Waals surface area contributed by atoms with Crippen LogP contribution in [0.2, 0.25) is 0 Å². The Labute approximate surface area is 125 Å². The molecule has 1 atom stereocenters. The Kier molecular flexibility index (Phi) is 4.50. The molecule has 0 saturated heterocycles. The normalized spacial score (nSPS) is 12.8. The Morgan fingerprint density at radius 2 is 2.05 bits per heavy atom. The summed E-state index contributed by atoms with van der Waals surface area (Å²) in [4.78, 5) is 16.7. The van der Waals surface area contributed by atoms with Gasteiger partial charge in [-0.05, 0) is 31.9 Å². The van der Waals surface area contributed by atoms with Crippen molar-refractivity contribution in [2.75, 3.05) is 12.8 Å². The summed E-state index contributed by atoms with van der Waals surface area (Å²) in [6, 6.07) is 5.25. The Morgan fingerprint density at radius 3 is 2.62 bits per heavy atom. The summed E-state index contributed by atoms with van der Waals surface area (Å²) in [7, 11) is 1.41. The number of nitrogens with two attached hydrogens (primary N) is 1. The van der Waals surface area contributed by atoms with Crippen LogP contribution in [-0.2, 0) is 9.53 Å². The quantitative estimate of drug-likeness (QED) is 0.677. The van der Waals surface area contributed by atoms with Crippen LogP contribution in [0.5, 0.6) is 0 Å². The zero-order valence-electron chi connectivity index (χ0n) is 13.1. The minimum absolute atomic E-state index is 0.274. The minimum atomic E-state index is -0.419. The molecule has 0 saturated carbocycles. The van der Waals surface area contributed by atoms with Gasteiger partial charge in [0, 0.05) is 5.92 Å². The Bertz CT molecular complexity index is 644. The van der Waals surface area contributed by atoms with Crippen LogP contribution in [0.4, 0.5) is 5.69 Å². The molecule has 21 heavy (non-hydrogen) atoms. The van der Waals surface area contributed by atoms with Crippen molar-refractivity contribution in [3.63, 3.8) is 0 Å². The van der Waals surface area contributed by atoms with Crippen LogP contribution in [0.1, 0.15) is 51.4 Å². The molecule has 1 unspecified atom stereocenters. The van der Waals surface area contributed by atoms with E-state index in [4.69, 9.17) is 15.5 Å². The largest absolute Gasteiger partial charge is 0.467 e. The Balaban J connectivity index is 2.71. The van der Waals surface area contributed by atoms with Gasteiger partial charge in [0.2, 0.25) is 0 Å². The summed E-state index contributed by atoms with van der Waals surface area (Å²) >= 11 is 0. The lowest BCUT2D eigenvalue weighted by molar-refractivity contribution is -0.144. The van der Waals surface area contributed by atoms with Crippen LogP contribution in [0.15, 0.2) is 18.2 Å². The van der Waals surface area contributed by atoms with E-state index >= 15 is 0 Å². The average Bonchev–Trinajstić information content (AvgIpc) is 2.87. The van der Waals surface area contributed by atoms with Crippen molar-refractivity contribution in [1.82, 2.24) is 9.55 Å². The minimum Gasteiger partial charge on any atom is -0.467 e. The molecule has 0 aliphatic heterocycles. The summed E-state index contributed by atoms with van der Waals surface area (Å²) in [6.45, 7) is 6.09. The monoisotopic (exact) mass is 289 g/mol. The van der Waals surface area contributed by atoms with Gasteiger partial charge >= 0.3 is 5.97 Å². The maximum atomic E-state index is 12.0. The number of anilines is 1. The number of fused-ring (bicyclic) bond motifs is 1. The number of para-hydroxylation sites is 1. The lowest BCUT2D eigenvalue weighted by Gasteiger charge is -2.19. The molecule has 0 aliphatic carbocycles. The van der Waals surface area contributed by atoms with Gasteiger partial charge in [0.25, 0.3) is 0 Å². The first-order valence-corrected chi connectivity index (χ1v) is 7.39. The van der Waals surface area contributed by atoms with Crippen LogP contribution in [0, 0.1) is 0 Å². The number of esters is 1. The van der Waals surface area contributed by atoms with Crippen LogP contribution in [0.3, 0.4) is 0 Å². The van der Waals surface area contributed by atoms with E-state index in [0.717, 1.165) is 29.7 Å². The SMILES string of the molecule is CCC(CC)c1nc2c(N)cccc2n1C(C)C(=O)OC. The third-order valence-electron chi connectivity index (χ3n) is 4.06. The molecule has 2 N–H and O–H groups in total. The summed E-state index contributed by atoms with van der Waals surface area (Å²) < 4.78 is 6.87. The van der Waals surface area contributed by atoms with Gasteiger partial charge in [-0.2, -0.15) is 0 Å². The van der Waals surface area contributed by atoms with Crippen molar-refractivity contribution in [3.8, 4) is 0 Å². The second-order valence-electron chi connectivity index (χ2n) is 5.27. The molecule has 5 nitrogen and oxygen atoms in total. The predicted octanol–water partition coefficient (Wildman–Crippen LogP) is 3.26. The molecule has 0 aliphatic rings. The molecular weight excluding hydrogens is 266 g/mol. The number of carbonyl (C=O) groups is 1. The zero-order chi connectivity index (χ0) is 15.6. The predicted molar refractivity (Wildman–Crippen MR) is 84.2 cm³/mol. The molecule has 0 amide bonds. The molecule has 114 valence electrons. The first-order chi connectivity index (χ1) is 10.0. The summed E-state index contributed by atoms with van der Waals surface area (Å²) in [5, 5.41) is 0. The number of imidazole rings is 1. The van der Waals surface area contributed by atoms with Crippen molar-refractivity contribution >= 4 is 22.7 Å². The third-order valence-corrected chi connectivity index (χ3v) is 4.06. The number of hydrogen-bond donors (Lipinski definition) is 1. The molecule has 0 spiro atoms. The molecule has 2 aromatic rings. The van der Waals surface area contributed by atoms with E-state index in [-0.39, 0.29) is 5.97 Å². The van der Waals surface area contributed by atoms with Crippen LogP contribution in [0.25, 0.3) is 11.0 Å². The fourth-order valence-corrected chi connectivity index (χ4v) is 2.78. The molecule has 0 fully saturated rings. The smallest absolute Gasteiger partial charge is 0.328 e. The molecular formula is C16H23N3O2. The van der Waals surface area contributed by atoms with Gasteiger partial charge in [0.1, 0.15) is 17.4 Å². The van der Waals surface area contributed by atoms with Gasteiger partial charge in [0.05, 0.1) is 18.3 Å². The lowest BCUT2D eigenvalue weighted by Crippen LogP contribution is -2.21. The third kappa shape index (κ3) is 2.60. The van der Waals surface area contributed by atoms with Crippen LogP contribution >= 0.6 is 0 Å². The van der Waals surface area contributed by atoms with Gasteiger partial charge in [-0.1, -0.05) is 19.9 Å². The highest BCUT2D eigenvalue weighted by molar-refractivity contribution is 5.89. The van der Waals surface area contributed by atoms with Crippen molar-refractivity contribution in [3.05, 3.63) is 24.0 Å². The Morgan fingerprint density at radius 1 is 1.38 bits per heavy atom. The van der Waals surface area contributed by atoms with Gasteiger partial charge in [-0.3, -0.25) is 0 Å². The van der Waals surface area contributed by atoms with Gasteiger partial charge in [0.15, 0.2) is 0 Å². The number of ether oxygens (including phenoxy) is 1. The highest BCUT2D eigenvalue weighted by Gasteiger charge is 2.25. The highest BCUT2D eigenvalue weighted by Crippen LogP contribution is 2.32. The Hall–Kier alpha value is -2.04. The topological polar surface area (TPSA) is 70.1 Å². The molecule has 2 rings (SSSR count). The van der Waals surface area contributed by atoms with Crippen LogP contribution in [-0.4, -0.2) is 22.6 Å². The van der Waals surface area contributed by atoms with Crippen molar-refractivity contribution in [1.29, 1.82) is 0 Å². The number of nitrogen functional groups attached to an aromatic ring is 1. The molecule has 1 heterocycles. The number of aromatic nitrogens is 2. The maximum absolute atomic E-state index is 12.0. The summed E-state index contributed by atoms with van der Waals surface area (Å²) in [5.41, 5.74) is 8.32. The van der Waals surface area contributed by atoms with Crippen molar-refractivity contribution < 1.29 is 9.53 Å². The van der Waals surface area contributed by atoms with E-state index in [1.54, 1.807) is 0 Å². The first-order valence-electron chi connectivity index (χ1n) is 7.39. The molecule has 0 bridgehead atoms. The van der Waals surface area contributed by atoms with E-state index in [0.29, 0.717) is 11.6 Å². The van der Waals surface area contributed by atoms with Gasteiger partial charge < -0.3 is 15.0 Å². The zero-order valence-corrected chi connectivity index (χ0v) is 13.1. The fourth-order valence-electron chi connectivity index (χ4n) is 2.78. The van der Waals surface area contributed by atoms with Gasteiger partial charge in [-0.15, -0.1) is 0 Å². The summed E-state index contributed by atoms with van der Waals surface area (Å²) in [5.74, 6) is 0.929. The van der Waals surface area contributed by atoms with Crippen molar-refractivity contribution in [2.24, 2.45) is 0 Å². The average molecular weight is 289 g/mol. The fraction of sp³-hybridized carbons (Fsp3) is 0.500. The van der Waals surface area contributed by atoms with Crippen LogP contribution < -0.4 is 5.73 Å². The first kappa shape index (κ1) is 15.4. The second kappa shape index (κ2) is 6.16. The van der Waals surface area contributed by atoms with E-state index in [1.807, 2.05) is 29.7 Å². The number of hydrogen-bond acceptors (Lipinski definition) is 4. The second-order valence-corrected chi connectivity index (χ2v) is 5.27. The van der Waals surface area contributed by atoms with Gasteiger partial charge in [-0.25, -0.2) is 9.78 Å². The van der Waals surface area contributed by atoms with Crippen molar-refractivity contribution in [2.45, 2.75) is 45.6 Å². The lowest BCUT2D eigenvalue weighted by atomic mass is 10.0. The highest BCUT2D eigenvalue weighted by atomic mass is 16.5. The number of rotatable bonds is 5. The van der Waals surface area contributed by atoms with E-state index in [2.05, 4.69) is 13.8 Å².